The number of pyridine rings is 1. The first kappa shape index (κ1) is 16.7. The Bertz CT molecular complexity index is 689. The van der Waals surface area contributed by atoms with E-state index in [4.69, 9.17) is 0 Å². The van der Waals surface area contributed by atoms with Gasteiger partial charge in [0.1, 0.15) is 5.82 Å². The summed E-state index contributed by atoms with van der Waals surface area (Å²) in [5.41, 5.74) is 2.66. The van der Waals surface area contributed by atoms with Crippen LogP contribution in [0.4, 0.5) is 0 Å². The smallest absolute Gasteiger partial charge is 0.253 e. The molecule has 0 unspecified atom stereocenters. The molecule has 3 heterocycles. The minimum Gasteiger partial charge on any atom is -0.351 e. The summed E-state index contributed by atoms with van der Waals surface area (Å²) in [6.07, 6.45) is 1.77. The standard InChI is InChI=1S/C18H25N5O/c1-14-13-16(15(2)23(14)17-5-3-4-6-20-17)18(24)21-9-12-22-10-7-19-8-11-22/h3-6,13,19H,7-12H2,1-2H3,(H,21,24). The topological polar surface area (TPSA) is 62.2 Å². The summed E-state index contributed by atoms with van der Waals surface area (Å²) >= 11 is 0. The minimum atomic E-state index is -0.0135. The number of aryl methyl sites for hydroxylation is 1. The van der Waals surface area contributed by atoms with E-state index in [-0.39, 0.29) is 5.91 Å². The Balaban J connectivity index is 1.65. The van der Waals surface area contributed by atoms with Crippen LogP contribution in [0.2, 0.25) is 0 Å². The number of rotatable bonds is 5. The Morgan fingerprint density at radius 1 is 1.29 bits per heavy atom. The minimum absolute atomic E-state index is 0.0135. The van der Waals surface area contributed by atoms with E-state index < -0.39 is 0 Å². The van der Waals surface area contributed by atoms with Gasteiger partial charge in [0.25, 0.3) is 5.91 Å². The number of aromatic nitrogens is 2. The molecule has 1 amide bonds. The molecule has 6 heteroatoms. The Morgan fingerprint density at radius 2 is 2.08 bits per heavy atom. The highest BCUT2D eigenvalue weighted by atomic mass is 16.1. The number of hydrogen-bond donors (Lipinski definition) is 2. The molecule has 0 aromatic carbocycles. The van der Waals surface area contributed by atoms with E-state index in [0.717, 1.165) is 55.5 Å². The van der Waals surface area contributed by atoms with E-state index in [2.05, 4.69) is 20.5 Å². The fourth-order valence-corrected chi connectivity index (χ4v) is 3.19. The van der Waals surface area contributed by atoms with Gasteiger partial charge in [-0.3, -0.25) is 9.69 Å². The molecule has 3 rings (SSSR count). The lowest BCUT2D eigenvalue weighted by molar-refractivity contribution is 0.0946. The van der Waals surface area contributed by atoms with Crippen molar-refractivity contribution in [2.75, 3.05) is 39.3 Å². The summed E-state index contributed by atoms with van der Waals surface area (Å²) in [5.74, 6) is 0.827. The summed E-state index contributed by atoms with van der Waals surface area (Å²) in [5, 5.41) is 6.38. The molecule has 1 fully saturated rings. The summed E-state index contributed by atoms with van der Waals surface area (Å²) in [6.45, 7) is 9.68. The van der Waals surface area contributed by atoms with Gasteiger partial charge >= 0.3 is 0 Å². The van der Waals surface area contributed by atoms with Gasteiger partial charge in [-0.05, 0) is 32.0 Å². The van der Waals surface area contributed by atoms with Crippen LogP contribution in [0.25, 0.3) is 5.82 Å². The summed E-state index contributed by atoms with van der Waals surface area (Å²) in [4.78, 5) is 19.3. The molecule has 0 saturated carbocycles. The van der Waals surface area contributed by atoms with E-state index in [1.54, 1.807) is 6.20 Å². The van der Waals surface area contributed by atoms with E-state index in [9.17, 15) is 4.79 Å². The van der Waals surface area contributed by atoms with Gasteiger partial charge in [0.05, 0.1) is 5.56 Å². The van der Waals surface area contributed by atoms with Crippen molar-refractivity contribution >= 4 is 5.91 Å². The average molecular weight is 327 g/mol. The van der Waals surface area contributed by atoms with Crippen molar-refractivity contribution in [3.8, 4) is 5.82 Å². The van der Waals surface area contributed by atoms with Crippen LogP contribution in [0, 0.1) is 13.8 Å². The number of carbonyl (C=O) groups is 1. The fourth-order valence-electron chi connectivity index (χ4n) is 3.19. The third kappa shape index (κ3) is 3.66. The molecule has 128 valence electrons. The van der Waals surface area contributed by atoms with Crippen molar-refractivity contribution in [2.24, 2.45) is 0 Å². The molecule has 1 aliphatic rings. The number of nitrogens with one attached hydrogen (secondary N) is 2. The Hall–Kier alpha value is -2.18. The van der Waals surface area contributed by atoms with Crippen molar-refractivity contribution in [3.05, 3.63) is 47.4 Å². The molecule has 0 aliphatic carbocycles. The first-order valence-corrected chi connectivity index (χ1v) is 8.48. The maximum absolute atomic E-state index is 12.5. The molecule has 2 aromatic rings. The van der Waals surface area contributed by atoms with Crippen LogP contribution in [0.1, 0.15) is 21.7 Å². The quantitative estimate of drug-likeness (QED) is 0.864. The zero-order valence-corrected chi connectivity index (χ0v) is 14.4. The van der Waals surface area contributed by atoms with Gasteiger partial charge in [-0.1, -0.05) is 6.07 Å². The molecule has 0 bridgehead atoms. The van der Waals surface area contributed by atoms with E-state index in [1.807, 2.05) is 42.7 Å². The maximum Gasteiger partial charge on any atom is 0.253 e. The monoisotopic (exact) mass is 327 g/mol. The first-order chi connectivity index (χ1) is 11.7. The molecule has 1 aliphatic heterocycles. The van der Waals surface area contributed by atoms with E-state index >= 15 is 0 Å². The summed E-state index contributed by atoms with van der Waals surface area (Å²) < 4.78 is 2.02. The molecule has 24 heavy (non-hydrogen) atoms. The molecule has 2 aromatic heterocycles. The highest BCUT2D eigenvalue weighted by Crippen LogP contribution is 2.19. The van der Waals surface area contributed by atoms with Crippen LogP contribution >= 0.6 is 0 Å². The molecule has 0 atom stereocenters. The van der Waals surface area contributed by atoms with Crippen LogP contribution in [-0.2, 0) is 0 Å². The van der Waals surface area contributed by atoms with E-state index in [0.29, 0.717) is 6.54 Å². The maximum atomic E-state index is 12.5. The number of piperazine rings is 1. The Kier molecular flexibility index (Phi) is 5.27. The molecule has 2 N–H and O–H groups in total. The molecular formula is C18H25N5O. The third-order valence-electron chi connectivity index (χ3n) is 4.48. The Labute approximate surface area is 142 Å². The van der Waals surface area contributed by atoms with Crippen LogP contribution in [0.3, 0.4) is 0 Å². The van der Waals surface area contributed by atoms with Gasteiger partial charge in [0.15, 0.2) is 0 Å². The van der Waals surface area contributed by atoms with Gasteiger partial charge in [0.2, 0.25) is 0 Å². The van der Waals surface area contributed by atoms with Crippen molar-refractivity contribution in [3.63, 3.8) is 0 Å². The Morgan fingerprint density at radius 3 is 2.79 bits per heavy atom. The van der Waals surface area contributed by atoms with Crippen molar-refractivity contribution in [2.45, 2.75) is 13.8 Å². The second kappa shape index (κ2) is 7.59. The molecule has 0 spiro atoms. The zero-order valence-electron chi connectivity index (χ0n) is 14.4. The summed E-state index contributed by atoms with van der Waals surface area (Å²) in [6, 6.07) is 7.73. The second-order valence-electron chi connectivity index (χ2n) is 6.16. The predicted octanol–water partition coefficient (Wildman–Crippen LogP) is 1.12. The first-order valence-electron chi connectivity index (χ1n) is 8.48. The van der Waals surface area contributed by atoms with Gasteiger partial charge in [0, 0.05) is 56.9 Å². The van der Waals surface area contributed by atoms with Crippen LogP contribution in [0.5, 0.6) is 0 Å². The van der Waals surface area contributed by atoms with Crippen molar-refractivity contribution in [1.82, 2.24) is 25.1 Å². The van der Waals surface area contributed by atoms with Crippen LogP contribution < -0.4 is 10.6 Å². The molecule has 6 nitrogen and oxygen atoms in total. The normalized spacial score (nSPS) is 15.4. The van der Waals surface area contributed by atoms with Crippen LogP contribution in [0.15, 0.2) is 30.5 Å². The SMILES string of the molecule is Cc1cc(C(=O)NCCN2CCNCC2)c(C)n1-c1ccccn1. The number of carbonyl (C=O) groups excluding carboxylic acids is 1. The highest BCUT2D eigenvalue weighted by molar-refractivity contribution is 5.95. The lowest BCUT2D eigenvalue weighted by atomic mass is 10.2. The lowest BCUT2D eigenvalue weighted by Gasteiger charge is -2.27. The number of amides is 1. The number of hydrogen-bond acceptors (Lipinski definition) is 4. The average Bonchev–Trinajstić information content (AvgIpc) is 2.91. The lowest BCUT2D eigenvalue weighted by Crippen LogP contribution is -2.46. The van der Waals surface area contributed by atoms with Crippen molar-refractivity contribution < 1.29 is 4.79 Å². The fraction of sp³-hybridized carbons (Fsp3) is 0.444. The third-order valence-corrected chi connectivity index (χ3v) is 4.48. The molecular weight excluding hydrogens is 302 g/mol. The molecule has 1 saturated heterocycles. The second-order valence-corrected chi connectivity index (χ2v) is 6.16. The van der Waals surface area contributed by atoms with Crippen molar-refractivity contribution in [1.29, 1.82) is 0 Å². The van der Waals surface area contributed by atoms with E-state index in [1.165, 1.54) is 0 Å². The van der Waals surface area contributed by atoms with Gasteiger partial charge in [-0.25, -0.2) is 4.98 Å². The number of nitrogens with zero attached hydrogens (tertiary/aromatic N) is 3. The largest absolute Gasteiger partial charge is 0.351 e. The molecule has 0 radical (unpaired) electrons. The highest BCUT2D eigenvalue weighted by Gasteiger charge is 2.17. The van der Waals surface area contributed by atoms with Gasteiger partial charge in [-0.2, -0.15) is 0 Å². The predicted molar refractivity (Wildman–Crippen MR) is 94.7 cm³/mol. The van der Waals surface area contributed by atoms with Crippen LogP contribution in [-0.4, -0.2) is 59.6 Å². The zero-order chi connectivity index (χ0) is 16.9. The van der Waals surface area contributed by atoms with Gasteiger partial charge < -0.3 is 15.2 Å². The van der Waals surface area contributed by atoms with Gasteiger partial charge in [-0.15, -0.1) is 0 Å². The summed E-state index contributed by atoms with van der Waals surface area (Å²) in [7, 11) is 0.